The number of aryl methyl sites for hydroxylation is 1. The van der Waals surface area contributed by atoms with Gasteiger partial charge in [0, 0.05) is 31.4 Å². The summed E-state index contributed by atoms with van der Waals surface area (Å²) < 4.78 is 2.24. The third-order valence-electron chi connectivity index (χ3n) is 3.05. The second-order valence-electron chi connectivity index (χ2n) is 4.73. The van der Waals surface area contributed by atoms with Crippen LogP contribution in [0.25, 0.3) is 0 Å². The van der Waals surface area contributed by atoms with Gasteiger partial charge in [0.1, 0.15) is 5.82 Å². The molecule has 1 fully saturated rings. The van der Waals surface area contributed by atoms with E-state index in [9.17, 15) is 0 Å². The monoisotopic (exact) mass is 233 g/mol. The third-order valence-corrected chi connectivity index (χ3v) is 3.05. The lowest BCUT2D eigenvalue weighted by atomic mass is 10.3. The van der Waals surface area contributed by atoms with Crippen molar-refractivity contribution in [1.82, 2.24) is 14.9 Å². The molecule has 1 aliphatic rings. The minimum Gasteiger partial charge on any atom is -0.335 e. The highest BCUT2D eigenvalue weighted by molar-refractivity contribution is 5.00. The Morgan fingerprint density at radius 3 is 3.12 bits per heavy atom. The highest BCUT2D eigenvalue weighted by atomic mass is 15.1. The SMILES string of the molecule is CCCn1ccnc1CC=CCCNC1CC1. The van der Waals surface area contributed by atoms with Gasteiger partial charge in [0.05, 0.1) is 0 Å². The molecule has 1 aromatic rings. The topological polar surface area (TPSA) is 29.9 Å². The molecule has 0 bridgehead atoms. The second kappa shape index (κ2) is 6.60. The molecule has 3 heteroatoms. The summed E-state index contributed by atoms with van der Waals surface area (Å²) in [4.78, 5) is 4.39. The Balaban J connectivity index is 1.64. The molecule has 0 spiro atoms. The molecular weight excluding hydrogens is 210 g/mol. The van der Waals surface area contributed by atoms with E-state index < -0.39 is 0 Å². The molecule has 1 heterocycles. The highest BCUT2D eigenvalue weighted by Gasteiger charge is 2.19. The number of nitrogens with zero attached hydrogens (tertiary/aromatic N) is 2. The Hall–Kier alpha value is -1.09. The highest BCUT2D eigenvalue weighted by Crippen LogP contribution is 2.18. The van der Waals surface area contributed by atoms with Gasteiger partial charge >= 0.3 is 0 Å². The summed E-state index contributed by atoms with van der Waals surface area (Å²) in [7, 11) is 0. The predicted octanol–water partition coefficient (Wildman–Crippen LogP) is 2.53. The number of rotatable bonds is 8. The van der Waals surface area contributed by atoms with Crippen LogP contribution in [0.4, 0.5) is 0 Å². The minimum atomic E-state index is 0.826. The molecule has 0 radical (unpaired) electrons. The Bertz CT molecular complexity index is 350. The first-order valence-electron chi connectivity index (χ1n) is 6.78. The molecule has 2 rings (SSSR count). The number of aromatic nitrogens is 2. The molecule has 1 saturated carbocycles. The summed E-state index contributed by atoms with van der Waals surface area (Å²) in [5.41, 5.74) is 0. The van der Waals surface area contributed by atoms with Gasteiger partial charge in [-0.3, -0.25) is 0 Å². The van der Waals surface area contributed by atoms with Gasteiger partial charge in [-0.15, -0.1) is 0 Å². The van der Waals surface area contributed by atoms with Crippen LogP contribution in [0.15, 0.2) is 24.5 Å². The molecule has 3 nitrogen and oxygen atoms in total. The maximum atomic E-state index is 4.39. The summed E-state index contributed by atoms with van der Waals surface area (Å²) in [6.45, 7) is 4.39. The van der Waals surface area contributed by atoms with E-state index in [2.05, 4.69) is 40.1 Å². The van der Waals surface area contributed by atoms with Crippen molar-refractivity contribution in [2.45, 2.75) is 51.6 Å². The summed E-state index contributed by atoms with van der Waals surface area (Å²) >= 11 is 0. The Morgan fingerprint density at radius 2 is 2.35 bits per heavy atom. The zero-order valence-electron chi connectivity index (χ0n) is 10.7. The van der Waals surface area contributed by atoms with Gasteiger partial charge in [-0.1, -0.05) is 19.1 Å². The molecule has 1 aromatic heterocycles. The van der Waals surface area contributed by atoms with E-state index in [1.807, 2.05) is 6.20 Å². The van der Waals surface area contributed by atoms with Gasteiger partial charge in [-0.2, -0.15) is 0 Å². The van der Waals surface area contributed by atoms with Crippen molar-refractivity contribution in [1.29, 1.82) is 0 Å². The molecule has 0 amide bonds. The Labute approximate surface area is 104 Å². The quantitative estimate of drug-likeness (QED) is 0.552. The van der Waals surface area contributed by atoms with Crippen molar-refractivity contribution < 1.29 is 0 Å². The number of nitrogens with one attached hydrogen (secondary N) is 1. The van der Waals surface area contributed by atoms with Crippen LogP contribution in [0.5, 0.6) is 0 Å². The molecule has 0 saturated heterocycles. The number of imidazole rings is 1. The Morgan fingerprint density at radius 1 is 1.47 bits per heavy atom. The molecule has 94 valence electrons. The van der Waals surface area contributed by atoms with Crippen molar-refractivity contribution in [3.8, 4) is 0 Å². The molecule has 17 heavy (non-hydrogen) atoms. The van der Waals surface area contributed by atoms with E-state index in [0.717, 1.165) is 32.0 Å². The first-order chi connectivity index (χ1) is 8.40. The van der Waals surface area contributed by atoms with E-state index in [1.54, 1.807) is 0 Å². The first-order valence-corrected chi connectivity index (χ1v) is 6.78. The lowest BCUT2D eigenvalue weighted by Crippen LogP contribution is -2.16. The lowest BCUT2D eigenvalue weighted by Gasteiger charge is -2.03. The smallest absolute Gasteiger partial charge is 0.112 e. The molecule has 1 aliphatic carbocycles. The summed E-state index contributed by atoms with van der Waals surface area (Å²) in [5.74, 6) is 1.18. The van der Waals surface area contributed by atoms with E-state index in [-0.39, 0.29) is 0 Å². The molecule has 0 aromatic carbocycles. The summed E-state index contributed by atoms with van der Waals surface area (Å²) in [5, 5.41) is 3.51. The van der Waals surface area contributed by atoms with Gasteiger partial charge < -0.3 is 9.88 Å². The minimum absolute atomic E-state index is 0.826. The van der Waals surface area contributed by atoms with Crippen LogP contribution in [0, 0.1) is 0 Å². The summed E-state index contributed by atoms with van der Waals surface area (Å²) in [6.07, 6.45) is 14.5. The van der Waals surface area contributed by atoms with E-state index in [4.69, 9.17) is 0 Å². The van der Waals surface area contributed by atoms with E-state index in [1.165, 1.54) is 25.1 Å². The summed E-state index contributed by atoms with van der Waals surface area (Å²) in [6, 6.07) is 0.826. The molecule has 0 aliphatic heterocycles. The largest absolute Gasteiger partial charge is 0.335 e. The van der Waals surface area contributed by atoms with Crippen molar-refractivity contribution >= 4 is 0 Å². The van der Waals surface area contributed by atoms with Gasteiger partial charge in [0.2, 0.25) is 0 Å². The van der Waals surface area contributed by atoms with Crippen molar-refractivity contribution in [2.75, 3.05) is 6.54 Å². The van der Waals surface area contributed by atoms with Crippen molar-refractivity contribution in [3.05, 3.63) is 30.4 Å². The van der Waals surface area contributed by atoms with Crippen molar-refractivity contribution in [2.24, 2.45) is 0 Å². The molecule has 0 atom stereocenters. The first kappa shape index (κ1) is 12.4. The van der Waals surface area contributed by atoms with Crippen LogP contribution < -0.4 is 5.32 Å². The second-order valence-corrected chi connectivity index (χ2v) is 4.73. The van der Waals surface area contributed by atoms with Crippen LogP contribution in [-0.2, 0) is 13.0 Å². The number of allylic oxidation sites excluding steroid dienone is 1. The fourth-order valence-corrected chi connectivity index (χ4v) is 1.94. The zero-order valence-corrected chi connectivity index (χ0v) is 10.7. The van der Waals surface area contributed by atoms with Crippen molar-refractivity contribution in [3.63, 3.8) is 0 Å². The third kappa shape index (κ3) is 4.35. The fourth-order valence-electron chi connectivity index (χ4n) is 1.94. The van der Waals surface area contributed by atoms with Gasteiger partial charge in [0.15, 0.2) is 0 Å². The van der Waals surface area contributed by atoms with Crippen LogP contribution in [0.1, 0.15) is 38.4 Å². The van der Waals surface area contributed by atoms with Gasteiger partial charge in [-0.25, -0.2) is 4.98 Å². The van der Waals surface area contributed by atoms with Crippen LogP contribution in [-0.4, -0.2) is 22.1 Å². The normalized spacial score (nSPS) is 15.8. The van der Waals surface area contributed by atoms with Crippen LogP contribution in [0.2, 0.25) is 0 Å². The van der Waals surface area contributed by atoms with Gasteiger partial charge in [0.25, 0.3) is 0 Å². The number of hydrogen-bond acceptors (Lipinski definition) is 2. The van der Waals surface area contributed by atoms with E-state index >= 15 is 0 Å². The van der Waals surface area contributed by atoms with Crippen LogP contribution >= 0.6 is 0 Å². The molecular formula is C14H23N3. The van der Waals surface area contributed by atoms with Crippen LogP contribution in [0.3, 0.4) is 0 Å². The fraction of sp³-hybridized carbons (Fsp3) is 0.643. The lowest BCUT2D eigenvalue weighted by molar-refractivity contribution is 0.648. The average molecular weight is 233 g/mol. The predicted molar refractivity (Wildman–Crippen MR) is 71.0 cm³/mol. The molecule has 0 unspecified atom stereocenters. The standard InChI is InChI=1S/C14H23N3/c1-2-11-17-12-10-16-14(17)6-4-3-5-9-15-13-7-8-13/h3-4,10,12-13,15H,2,5-9,11H2,1H3. The Kier molecular flexibility index (Phi) is 4.80. The maximum absolute atomic E-state index is 4.39. The molecule has 1 N–H and O–H groups in total. The van der Waals surface area contributed by atoms with E-state index in [0.29, 0.717) is 0 Å². The maximum Gasteiger partial charge on any atom is 0.112 e. The number of hydrogen-bond donors (Lipinski definition) is 1. The van der Waals surface area contributed by atoms with Gasteiger partial charge in [-0.05, 0) is 32.2 Å². The average Bonchev–Trinajstić information content (AvgIpc) is 3.05. The zero-order chi connectivity index (χ0) is 11.9.